The zero-order valence-electron chi connectivity index (χ0n) is 18.3. The van der Waals surface area contributed by atoms with Gasteiger partial charge in [0.25, 0.3) is 0 Å². The van der Waals surface area contributed by atoms with Crippen LogP contribution in [-0.4, -0.2) is 61.8 Å². The molecule has 1 aromatic carbocycles. The van der Waals surface area contributed by atoms with Gasteiger partial charge >= 0.3 is 0 Å². The molecule has 2 N–H and O–H groups in total. The molecule has 0 bridgehead atoms. The van der Waals surface area contributed by atoms with E-state index in [1.165, 1.54) is 5.56 Å². The molecule has 2 aromatic rings. The molecule has 3 rings (SSSR count). The smallest absolute Gasteiger partial charge is 0.190 e. The summed E-state index contributed by atoms with van der Waals surface area (Å²) in [5.41, 5.74) is 3.46. The molecule has 0 spiro atoms. The number of aromatic nitrogens is 2. The van der Waals surface area contributed by atoms with Crippen molar-refractivity contribution in [1.29, 1.82) is 0 Å². The monoisotopic (exact) mass is 413 g/mol. The maximum Gasteiger partial charge on any atom is 0.190 e. The minimum Gasteiger partial charge on any atom is -0.379 e. The Morgan fingerprint density at radius 1 is 1.23 bits per heavy atom. The number of aliphatic imine (C=N–C) groups is 1. The minimum absolute atomic E-state index is 0.302. The van der Waals surface area contributed by atoms with Crippen LogP contribution in [0.2, 0.25) is 0 Å². The Labute approximate surface area is 179 Å². The van der Waals surface area contributed by atoms with Gasteiger partial charge in [-0.25, -0.2) is 4.68 Å². The van der Waals surface area contributed by atoms with Crippen molar-refractivity contribution in [1.82, 2.24) is 20.4 Å². The van der Waals surface area contributed by atoms with Crippen molar-refractivity contribution >= 4 is 5.96 Å². The molecule has 2 heterocycles. The van der Waals surface area contributed by atoms with Crippen LogP contribution in [0, 0.1) is 6.92 Å². The van der Waals surface area contributed by atoms with Crippen molar-refractivity contribution in [3.63, 3.8) is 0 Å². The van der Waals surface area contributed by atoms with Crippen LogP contribution in [0.5, 0.6) is 0 Å². The van der Waals surface area contributed by atoms with Crippen LogP contribution in [0.15, 0.2) is 41.5 Å². The lowest BCUT2D eigenvalue weighted by Gasteiger charge is -2.13. The van der Waals surface area contributed by atoms with Gasteiger partial charge in [0.15, 0.2) is 5.96 Å². The molecule has 1 saturated heterocycles. The largest absolute Gasteiger partial charge is 0.379 e. The van der Waals surface area contributed by atoms with Gasteiger partial charge in [-0.3, -0.25) is 4.99 Å². The second-order valence-corrected chi connectivity index (χ2v) is 7.61. The van der Waals surface area contributed by atoms with E-state index >= 15 is 0 Å². The number of benzene rings is 1. The van der Waals surface area contributed by atoms with Gasteiger partial charge in [-0.1, -0.05) is 18.2 Å². The Hall–Kier alpha value is -2.38. The SMILES string of the molecule is CN=C(NCCCOCC1CCCO1)NCCCc1cn(-c2ccccc2)nc1C. The highest BCUT2D eigenvalue weighted by molar-refractivity contribution is 5.79. The summed E-state index contributed by atoms with van der Waals surface area (Å²) < 4.78 is 13.2. The summed E-state index contributed by atoms with van der Waals surface area (Å²) in [4.78, 5) is 4.29. The highest BCUT2D eigenvalue weighted by Crippen LogP contribution is 2.13. The van der Waals surface area contributed by atoms with Gasteiger partial charge in [0, 0.05) is 39.5 Å². The fraction of sp³-hybridized carbons (Fsp3) is 0.565. The van der Waals surface area contributed by atoms with Gasteiger partial charge in [-0.05, 0) is 56.7 Å². The Kier molecular flexibility index (Phi) is 9.18. The average Bonchev–Trinajstić information content (AvgIpc) is 3.42. The molecule has 1 aliphatic heterocycles. The van der Waals surface area contributed by atoms with Crippen LogP contribution in [0.1, 0.15) is 36.9 Å². The number of hydrogen-bond donors (Lipinski definition) is 2. The molecule has 1 atom stereocenters. The van der Waals surface area contributed by atoms with Gasteiger partial charge in [0.2, 0.25) is 0 Å². The molecule has 0 aliphatic carbocycles. The van der Waals surface area contributed by atoms with E-state index in [-0.39, 0.29) is 0 Å². The predicted octanol–water partition coefficient (Wildman–Crippen LogP) is 2.86. The standard InChI is InChI=1S/C23H35N5O2/c1-19-20(17-28(27-19)21-10-4-3-5-11-21)9-6-13-25-23(24-2)26-14-8-15-29-18-22-12-7-16-30-22/h3-5,10-11,17,22H,6-9,12-16,18H2,1-2H3,(H2,24,25,26). The molecule has 30 heavy (non-hydrogen) atoms. The second-order valence-electron chi connectivity index (χ2n) is 7.61. The van der Waals surface area contributed by atoms with Crippen LogP contribution < -0.4 is 10.6 Å². The fourth-order valence-electron chi connectivity index (χ4n) is 3.53. The van der Waals surface area contributed by atoms with Crippen molar-refractivity contribution in [2.45, 2.75) is 45.1 Å². The third-order valence-corrected chi connectivity index (χ3v) is 5.25. The molecule has 7 nitrogen and oxygen atoms in total. The van der Waals surface area contributed by atoms with E-state index < -0.39 is 0 Å². The quantitative estimate of drug-likeness (QED) is 0.337. The molecule has 1 unspecified atom stereocenters. The molecule has 1 aliphatic rings. The molecule has 7 heteroatoms. The normalized spacial score (nSPS) is 16.7. The lowest BCUT2D eigenvalue weighted by molar-refractivity contribution is 0.0168. The molecule has 0 amide bonds. The molecular formula is C23H35N5O2. The molecular weight excluding hydrogens is 378 g/mol. The number of hydrogen-bond acceptors (Lipinski definition) is 4. The number of aryl methyl sites for hydroxylation is 2. The number of rotatable bonds is 11. The van der Waals surface area contributed by atoms with Gasteiger partial charge in [-0.2, -0.15) is 5.10 Å². The minimum atomic E-state index is 0.302. The topological polar surface area (TPSA) is 72.7 Å². The van der Waals surface area contributed by atoms with Crippen molar-refractivity contribution in [3.8, 4) is 5.69 Å². The first-order valence-electron chi connectivity index (χ1n) is 11.0. The van der Waals surface area contributed by atoms with Crippen molar-refractivity contribution in [3.05, 3.63) is 47.8 Å². The third-order valence-electron chi connectivity index (χ3n) is 5.25. The Morgan fingerprint density at radius 3 is 2.77 bits per heavy atom. The summed E-state index contributed by atoms with van der Waals surface area (Å²) in [6.45, 7) is 6.12. The van der Waals surface area contributed by atoms with Crippen LogP contribution in [0.25, 0.3) is 5.69 Å². The lowest BCUT2D eigenvalue weighted by Crippen LogP contribution is -2.38. The molecule has 164 valence electrons. The van der Waals surface area contributed by atoms with E-state index in [2.05, 4.69) is 46.0 Å². The number of ether oxygens (including phenoxy) is 2. The van der Waals surface area contributed by atoms with Gasteiger partial charge in [0.1, 0.15) is 0 Å². The van der Waals surface area contributed by atoms with E-state index in [1.54, 1.807) is 7.05 Å². The van der Waals surface area contributed by atoms with Crippen LogP contribution >= 0.6 is 0 Å². The first kappa shape index (κ1) is 22.3. The van der Waals surface area contributed by atoms with Crippen LogP contribution in [0.3, 0.4) is 0 Å². The first-order valence-corrected chi connectivity index (χ1v) is 11.0. The molecule has 1 aromatic heterocycles. The number of nitrogens with zero attached hydrogens (tertiary/aromatic N) is 3. The van der Waals surface area contributed by atoms with Gasteiger partial charge < -0.3 is 20.1 Å². The molecule has 0 saturated carbocycles. The summed E-state index contributed by atoms with van der Waals surface area (Å²) in [5.74, 6) is 0.839. The van der Waals surface area contributed by atoms with Crippen molar-refractivity contribution in [2.24, 2.45) is 4.99 Å². The summed E-state index contributed by atoms with van der Waals surface area (Å²) in [6, 6.07) is 10.2. The Morgan fingerprint density at radius 2 is 2.03 bits per heavy atom. The van der Waals surface area contributed by atoms with Gasteiger partial charge in [0.05, 0.1) is 24.1 Å². The zero-order chi connectivity index (χ0) is 21.0. The summed E-state index contributed by atoms with van der Waals surface area (Å²) in [5, 5.41) is 11.4. The first-order chi connectivity index (χ1) is 14.8. The number of guanidine groups is 1. The summed E-state index contributed by atoms with van der Waals surface area (Å²) >= 11 is 0. The van der Waals surface area contributed by atoms with E-state index in [0.717, 1.165) is 75.7 Å². The Balaban J connectivity index is 1.28. The number of nitrogens with one attached hydrogen (secondary N) is 2. The predicted molar refractivity (Wildman–Crippen MR) is 120 cm³/mol. The number of para-hydroxylation sites is 1. The van der Waals surface area contributed by atoms with Crippen molar-refractivity contribution < 1.29 is 9.47 Å². The maximum absolute atomic E-state index is 5.69. The highest BCUT2D eigenvalue weighted by atomic mass is 16.5. The van der Waals surface area contributed by atoms with Crippen LogP contribution in [-0.2, 0) is 15.9 Å². The van der Waals surface area contributed by atoms with E-state index in [4.69, 9.17) is 9.47 Å². The second kappa shape index (κ2) is 12.3. The maximum atomic E-state index is 5.69. The average molecular weight is 414 g/mol. The highest BCUT2D eigenvalue weighted by Gasteiger charge is 2.14. The van der Waals surface area contributed by atoms with E-state index in [0.29, 0.717) is 12.7 Å². The third kappa shape index (κ3) is 7.15. The lowest BCUT2D eigenvalue weighted by atomic mass is 10.1. The van der Waals surface area contributed by atoms with E-state index in [9.17, 15) is 0 Å². The van der Waals surface area contributed by atoms with Crippen molar-refractivity contribution in [2.75, 3.05) is 40.0 Å². The molecule has 0 radical (unpaired) electrons. The zero-order valence-corrected chi connectivity index (χ0v) is 18.3. The van der Waals surface area contributed by atoms with E-state index in [1.807, 2.05) is 22.9 Å². The van der Waals surface area contributed by atoms with Crippen LogP contribution in [0.4, 0.5) is 0 Å². The van der Waals surface area contributed by atoms with Gasteiger partial charge in [-0.15, -0.1) is 0 Å². The summed E-state index contributed by atoms with van der Waals surface area (Å²) in [6.07, 6.45) is 7.68. The Bertz CT molecular complexity index is 769. The molecule has 1 fully saturated rings. The fourth-order valence-corrected chi connectivity index (χ4v) is 3.53. The summed E-state index contributed by atoms with van der Waals surface area (Å²) in [7, 11) is 1.80.